The first kappa shape index (κ1) is 19.6. The number of fused-ring (bicyclic) bond motifs is 1. The second-order valence-corrected chi connectivity index (χ2v) is 7.17. The van der Waals surface area contributed by atoms with E-state index in [0.29, 0.717) is 37.3 Å². The van der Waals surface area contributed by atoms with E-state index in [4.69, 9.17) is 4.74 Å². The summed E-state index contributed by atoms with van der Waals surface area (Å²) in [4.78, 5) is 28.5. The minimum Gasteiger partial charge on any atom is -0.492 e. The van der Waals surface area contributed by atoms with E-state index in [9.17, 15) is 9.59 Å². The topological polar surface area (TPSA) is 80.3 Å². The molecule has 6 nitrogen and oxygen atoms in total. The Morgan fingerprint density at radius 1 is 1.10 bits per heavy atom. The van der Waals surface area contributed by atoms with Gasteiger partial charge in [-0.1, -0.05) is 30.3 Å². The number of aryl methyl sites for hydroxylation is 2. The highest BCUT2D eigenvalue weighted by molar-refractivity contribution is 5.95. The number of rotatable bonds is 6. The molecule has 0 spiro atoms. The maximum absolute atomic E-state index is 12.5. The van der Waals surface area contributed by atoms with E-state index in [1.807, 2.05) is 61.5 Å². The van der Waals surface area contributed by atoms with Crippen molar-refractivity contribution >= 4 is 17.5 Å². The fourth-order valence-corrected chi connectivity index (χ4v) is 3.45. The molecule has 0 fully saturated rings. The van der Waals surface area contributed by atoms with Crippen LogP contribution in [0, 0.1) is 6.92 Å². The van der Waals surface area contributed by atoms with Crippen molar-refractivity contribution in [1.29, 1.82) is 0 Å². The van der Waals surface area contributed by atoms with Crippen LogP contribution in [0.1, 0.15) is 28.0 Å². The van der Waals surface area contributed by atoms with Crippen LogP contribution in [0.5, 0.6) is 5.75 Å². The van der Waals surface area contributed by atoms with Gasteiger partial charge in [-0.25, -0.2) is 0 Å². The van der Waals surface area contributed by atoms with E-state index in [1.54, 1.807) is 6.07 Å². The number of nitrogens with one attached hydrogen (secondary N) is 2. The summed E-state index contributed by atoms with van der Waals surface area (Å²) in [6.07, 6.45) is 1.20. The van der Waals surface area contributed by atoms with Gasteiger partial charge < -0.3 is 15.4 Å². The lowest BCUT2D eigenvalue weighted by Crippen LogP contribution is -2.29. The minimum absolute atomic E-state index is 0.0421. The second kappa shape index (κ2) is 8.78. The lowest BCUT2D eigenvalue weighted by molar-refractivity contribution is -0.116. The highest BCUT2D eigenvalue weighted by Crippen LogP contribution is 2.26. The van der Waals surface area contributed by atoms with Gasteiger partial charge in [0.15, 0.2) is 0 Å². The fraction of sp³-hybridized carbons (Fsp3) is 0.208. The molecule has 2 amide bonds. The zero-order valence-electron chi connectivity index (χ0n) is 16.8. The maximum atomic E-state index is 12.5. The van der Waals surface area contributed by atoms with E-state index in [-0.39, 0.29) is 11.8 Å². The van der Waals surface area contributed by atoms with Gasteiger partial charge in [-0.3, -0.25) is 14.6 Å². The average Bonchev–Trinajstić information content (AvgIpc) is 2.77. The zero-order valence-corrected chi connectivity index (χ0v) is 16.8. The molecule has 0 atom stereocenters. The minimum atomic E-state index is -0.170. The molecule has 152 valence electrons. The lowest BCUT2D eigenvalue weighted by atomic mass is 10.0. The summed E-state index contributed by atoms with van der Waals surface area (Å²) in [6, 6.07) is 19.2. The van der Waals surface area contributed by atoms with Gasteiger partial charge in [0.05, 0.1) is 23.5 Å². The molecule has 1 aromatic heterocycles. The number of ether oxygens (including phenoxy) is 1. The molecule has 0 bridgehead atoms. The normalized spacial score (nSPS) is 12.6. The fourth-order valence-electron chi connectivity index (χ4n) is 3.45. The standard InChI is InChI=1S/C24H23N3O3/c1-16-20(9-11-21(26-16)17-5-3-2-4-6-17)24(29)25-13-14-30-19-8-10-22-18(15-19)7-12-23(28)27-22/h2-6,8-11,15H,7,12-14H2,1H3,(H,25,29)(H,27,28). The van der Waals surface area contributed by atoms with Crippen molar-refractivity contribution in [3.63, 3.8) is 0 Å². The van der Waals surface area contributed by atoms with Crippen molar-refractivity contribution in [3.8, 4) is 17.0 Å². The number of amides is 2. The van der Waals surface area contributed by atoms with Crippen LogP contribution in [-0.2, 0) is 11.2 Å². The molecular formula is C24H23N3O3. The average molecular weight is 401 g/mol. The van der Waals surface area contributed by atoms with Gasteiger partial charge in [-0.05, 0) is 49.2 Å². The lowest BCUT2D eigenvalue weighted by Gasteiger charge is -2.17. The first-order valence-electron chi connectivity index (χ1n) is 9.97. The smallest absolute Gasteiger partial charge is 0.253 e. The van der Waals surface area contributed by atoms with Crippen LogP contribution >= 0.6 is 0 Å². The summed E-state index contributed by atoms with van der Waals surface area (Å²) < 4.78 is 5.75. The number of anilines is 1. The van der Waals surface area contributed by atoms with Crippen molar-refractivity contribution in [2.45, 2.75) is 19.8 Å². The monoisotopic (exact) mass is 401 g/mol. The van der Waals surface area contributed by atoms with Gasteiger partial charge in [-0.2, -0.15) is 0 Å². The Bertz CT molecular complexity index is 1080. The summed E-state index contributed by atoms with van der Waals surface area (Å²) in [6.45, 7) is 2.57. The van der Waals surface area contributed by atoms with E-state index in [2.05, 4.69) is 15.6 Å². The third-order valence-electron chi connectivity index (χ3n) is 5.03. The number of benzene rings is 2. The molecule has 0 saturated carbocycles. The summed E-state index contributed by atoms with van der Waals surface area (Å²) in [5.41, 5.74) is 5.01. The van der Waals surface area contributed by atoms with Gasteiger partial charge >= 0.3 is 0 Å². The van der Waals surface area contributed by atoms with Crippen molar-refractivity contribution < 1.29 is 14.3 Å². The first-order chi connectivity index (χ1) is 14.6. The van der Waals surface area contributed by atoms with Crippen LogP contribution in [0.2, 0.25) is 0 Å². The molecule has 4 rings (SSSR count). The molecule has 30 heavy (non-hydrogen) atoms. The Kier molecular flexibility index (Phi) is 5.75. The number of nitrogens with zero attached hydrogens (tertiary/aromatic N) is 1. The van der Waals surface area contributed by atoms with Crippen LogP contribution in [0.3, 0.4) is 0 Å². The predicted octanol–water partition coefficient (Wildman–Crippen LogP) is 3.75. The molecule has 2 aromatic carbocycles. The maximum Gasteiger partial charge on any atom is 0.253 e. The van der Waals surface area contributed by atoms with Crippen molar-refractivity contribution in [3.05, 3.63) is 77.5 Å². The van der Waals surface area contributed by atoms with Gasteiger partial charge in [0.1, 0.15) is 12.4 Å². The number of carbonyl (C=O) groups is 2. The Morgan fingerprint density at radius 2 is 1.93 bits per heavy atom. The van der Waals surface area contributed by atoms with E-state index < -0.39 is 0 Å². The van der Waals surface area contributed by atoms with Crippen LogP contribution in [0.25, 0.3) is 11.3 Å². The second-order valence-electron chi connectivity index (χ2n) is 7.17. The number of carbonyl (C=O) groups excluding carboxylic acids is 2. The summed E-state index contributed by atoms with van der Waals surface area (Å²) >= 11 is 0. The number of hydrogen-bond acceptors (Lipinski definition) is 4. The van der Waals surface area contributed by atoms with Crippen molar-refractivity contribution in [1.82, 2.24) is 10.3 Å². The predicted molar refractivity (Wildman–Crippen MR) is 116 cm³/mol. The quantitative estimate of drug-likeness (QED) is 0.617. The van der Waals surface area contributed by atoms with Crippen LogP contribution in [-0.4, -0.2) is 29.9 Å². The van der Waals surface area contributed by atoms with E-state index in [0.717, 1.165) is 28.3 Å². The van der Waals surface area contributed by atoms with Crippen LogP contribution in [0.15, 0.2) is 60.7 Å². The Balaban J connectivity index is 1.30. The molecular weight excluding hydrogens is 378 g/mol. The van der Waals surface area contributed by atoms with Crippen molar-refractivity contribution in [2.75, 3.05) is 18.5 Å². The third kappa shape index (κ3) is 4.49. The van der Waals surface area contributed by atoms with E-state index in [1.165, 1.54) is 0 Å². The molecule has 2 N–H and O–H groups in total. The van der Waals surface area contributed by atoms with Crippen LogP contribution in [0.4, 0.5) is 5.69 Å². The molecule has 1 aliphatic heterocycles. The highest BCUT2D eigenvalue weighted by atomic mass is 16.5. The molecule has 0 saturated heterocycles. The summed E-state index contributed by atoms with van der Waals surface area (Å²) in [5.74, 6) is 0.598. The highest BCUT2D eigenvalue weighted by Gasteiger charge is 2.15. The molecule has 2 heterocycles. The Hall–Kier alpha value is -3.67. The SMILES string of the molecule is Cc1nc(-c2ccccc2)ccc1C(=O)NCCOc1ccc2c(c1)CCC(=O)N2. The van der Waals surface area contributed by atoms with Gasteiger partial charge in [0.25, 0.3) is 5.91 Å². The van der Waals surface area contributed by atoms with Gasteiger partial charge in [0, 0.05) is 17.7 Å². The third-order valence-corrected chi connectivity index (χ3v) is 5.03. The number of hydrogen-bond donors (Lipinski definition) is 2. The van der Waals surface area contributed by atoms with Gasteiger partial charge in [0.2, 0.25) is 5.91 Å². The summed E-state index contributed by atoms with van der Waals surface area (Å²) in [5, 5.41) is 5.73. The molecule has 0 radical (unpaired) electrons. The largest absolute Gasteiger partial charge is 0.492 e. The number of pyridine rings is 1. The molecule has 1 aliphatic rings. The summed E-state index contributed by atoms with van der Waals surface area (Å²) in [7, 11) is 0. The van der Waals surface area contributed by atoms with Crippen LogP contribution < -0.4 is 15.4 Å². The molecule has 3 aromatic rings. The molecule has 6 heteroatoms. The van der Waals surface area contributed by atoms with Gasteiger partial charge in [-0.15, -0.1) is 0 Å². The molecule has 0 aliphatic carbocycles. The molecule has 0 unspecified atom stereocenters. The zero-order chi connectivity index (χ0) is 20.9. The Labute approximate surface area is 175 Å². The Morgan fingerprint density at radius 3 is 2.73 bits per heavy atom. The van der Waals surface area contributed by atoms with E-state index >= 15 is 0 Å². The first-order valence-corrected chi connectivity index (χ1v) is 9.97. The number of aromatic nitrogens is 1. The van der Waals surface area contributed by atoms with Crippen molar-refractivity contribution in [2.24, 2.45) is 0 Å².